The summed E-state index contributed by atoms with van der Waals surface area (Å²) >= 11 is 6.23. The molecule has 28 heavy (non-hydrogen) atoms. The van der Waals surface area contributed by atoms with Crippen LogP contribution in [0.2, 0.25) is 5.02 Å². The summed E-state index contributed by atoms with van der Waals surface area (Å²) in [4.78, 5) is 27.3. The zero-order chi connectivity index (χ0) is 20.7. The van der Waals surface area contributed by atoms with Crippen LogP contribution >= 0.6 is 11.6 Å². The Labute approximate surface area is 170 Å². The van der Waals surface area contributed by atoms with Gasteiger partial charge < -0.3 is 19.7 Å². The van der Waals surface area contributed by atoms with Gasteiger partial charge in [-0.05, 0) is 37.6 Å². The number of carbonyl (C=O) groups is 2. The van der Waals surface area contributed by atoms with Crippen LogP contribution in [0.25, 0.3) is 0 Å². The lowest BCUT2D eigenvalue weighted by Crippen LogP contribution is -2.46. The van der Waals surface area contributed by atoms with Gasteiger partial charge in [-0.25, -0.2) is 0 Å². The highest BCUT2D eigenvalue weighted by atomic mass is 35.5. The number of anilines is 1. The molecule has 0 aliphatic rings. The van der Waals surface area contributed by atoms with Gasteiger partial charge in [0.15, 0.2) is 11.5 Å². The second kappa shape index (κ2) is 9.99. The van der Waals surface area contributed by atoms with Crippen LogP contribution in [0.15, 0.2) is 42.5 Å². The molecule has 150 valence electrons. The monoisotopic (exact) mass is 404 g/mol. The summed E-state index contributed by atoms with van der Waals surface area (Å²) in [6.45, 7) is 4.08. The van der Waals surface area contributed by atoms with Gasteiger partial charge >= 0.3 is 0 Å². The van der Waals surface area contributed by atoms with E-state index in [-0.39, 0.29) is 16.8 Å². The first-order chi connectivity index (χ1) is 13.4. The van der Waals surface area contributed by atoms with E-state index in [0.717, 1.165) is 0 Å². The number of amides is 2. The van der Waals surface area contributed by atoms with E-state index in [1.54, 1.807) is 25.1 Å². The fourth-order valence-corrected chi connectivity index (χ4v) is 3.12. The van der Waals surface area contributed by atoms with Crippen LogP contribution in [0, 0.1) is 0 Å². The van der Waals surface area contributed by atoms with Gasteiger partial charge in [-0.15, -0.1) is 0 Å². The minimum Gasteiger partial charge on any atom is -0.493 e. The van der Waals surface area contributed by atoms with Gasteiger partial charge in [-0.3, -0.25) is 9.59 Å². The zero-order valence-corrected chi connectivity index (χ0v) is 17.2. The molecule has 0 aliphatic heterocycles. The van der Waals surface area contributed by atoms with E-state index < -0.39 is 6.04 Å². The molecule has 2 aromatic rings. The molecule has 0 bridgehead atoms. The molecule has 0 aliphatic carbocycles. The number of rotatable bonds is 8. The average molecular weight is 405 g/mol. The second-order valence-corrected chi connectivity index (χ2v) is 6.63. The molecule has 6 nitrogen and oxygen atoms in total. The van der Waals surface area contributed by atoms with E-state index in [9.17, 15) is 9.59 Å². The molecular formula is C21H25ClN2O4. The lowest BCUT2D eigenvalue weighted by atomic mass is 10.1. The Balaban J connectivity index is 2.28. The van der Waals surface area contributed by atoms with Crippen LogP contribution in [-0.2, 0) is 4.79 Å². The maximum absolute atomic E-state index is 13.1. The van der Waals surface area contributed by atoms with Crippen LogP contribution < -0.4 is 14.8 Å². The summed E-state index contributed by atoms with van der Waals surface area (Å²) in [5, 5.41) is 3.10. The molecule has 7 heteroatoms. The molecule has 0 heterocycles. The molecule has 0 saturated carbocycles. The van der Waals surface area contributed by atoms with Crippen molar-refractivity contribution in [2.75, 3.05) is 26.1 Å². The maximum Gasteiger partial charge on any atom is 0.254 e. The Hall–Kier alpha value is -2.73. The van der Waals surface area contributed by atoms with Crippen molar-refractivity contribution in [2.24, 2.45) is 0 Å². The topological polar surface area (TPSA) is 67.9 Å². The zero-order valence-electron chi connectivity index (χ0n) is 16.5. The number of nitrogens with one attached hydrogen (secondary N) is 1. The van der Waals surface area contributed by atoms with Gasteiger partial charge in [0.25, 0.3) is 5.91 Å². The van der Waals surface area contributed by atoms with E-state index in [4.69, 9.17) is 21.1 Å². The number of carbonyl (C=O) groups excluding carboxylic acids is 2. The average Bonchev–Trinajstić information content (AvgIpc) is 2.71. The predicted octanol–water partition coefficient (Wildman–Crippen LogP) is 4.24. The van der Waals surface area contributed by atoms with Crippen molar-refractivity contribution >= 4 is 29.1 Å². The van der Waals surface area contributed by atoms with Crippen molar-refractivity contribution in [3.05, 3.63) is 53.1 Å². The van der Waals surface area contributed by atoms with E-state index in [1.807, 2.05) is 25.1 Å². The molecule has 2 aromatic carbocycles. The highest BCUT2D eigenvalue weighted by Gasteiger charge is 2.27. The highest BCUT2D eigenvalue weighted by Crippen LogP contribution is 2.36. The fraction of sp³-hybridized carbons (Fsp3) is 0.333. The normalized spacial score (nSPS) is 11.5. The van der Waals surface area contributed by atoms with E-state index in [0.29, 0.717) is 35.7 Å². The van der Waals surface area contributed by atoms with Crippen LogP contribution in [0.3, 0.4) is 0 Å². The smallest absolute Gasteiger partial charge is 0.254 e. The van der Waals surface area contributed by atoms with Gasteiger partial charge in [0.2, 0.25) is 5.91 Å². The first-order valence-electron chi connectivity index (χ1n) is 9.01. The molecule has 0 spiro atoms. The molecule has 1 unspecified atom stereocenters. The Morgan fingerprint density at radius 1 is 1.14 bits per heavy atom. The third-order valence-corrected chi connectivity index (χ3v) is 4.57. The van der Waals surface area contributed by atoms with Crippen LogP contribution in [0.4, 0.5) is 5.69 Å². The SMILES string of the molecule is CCCN(C(=O)c1cc(Cl)c(OC)c(OC)c1)C(C)C(=O)Nc1ccccc1. The lowest BCUT2D eigenvalue weighted by molar-refractivity contribution is -0.120. The van der Waals surface area contributed by atoms with E-state index in [1.165, 1.54) is 25.2 Å². The van der Waals surface area contributed by atoms with Crippen LogP contribution in [0.1, 0.15) is 30.6 Å². The number of hydrogen-bond acceptors (Lipinski definition) is 4. The van der Waals surface area contributed by atoms with Crippen molar-refractivity contribution in [3.63, 3.8) is 0 Å². The van der Waals surface area contributed by atoms with Gasteiger partial charge in [0.1, 0.15) is 6.04 Å². The van der Waals surface area contributed by atoms with Crippen LogP contribution in [0.5, 0.6) is 11.5 Å². The van der Waals surface area contributed by atoms with Gasteiger partial charge in [0.05, 0.1) is 19.2 Å². The number of para-hydroxylation sites is 1. The quantitative estimate of drug-likeness (QED) is 0.714. The fourth-order valence-electron chi connectivity index (χ4n) is 2.83. The van der Waals surface area contributed by atoms with Crippen molar-refractivity contribution in [1.29, 1.82) is 0 Å². The number of nitrogens with zero attached hydrogens (tertiary/aromatic N) is 1. The molecule has 0 radical (unpaired) electrons. The minimum absolute atomic E-state index is 0.264. The molecule has 0 fully saturated rings. The summed E-state index contributed by atoms with van der Waals surface area (Å²) < 4.78 is 10.5. The minimum atomic E-state index is -0.667. The lowest BCUT2D eigenvalue weighted by Gasteiger charge is -2.28. The third kappa shape index (κ3) is 4.95. The van der Waals surface area contributed by atoms with Crippen molar-refractivity contribution in [1.82, 2.24) is 4.90 Å². The summed E-state index contributed by atoms with van der Waals surface area (Å²) in [7, 11) is 2.95. The van der Waals surface area contributed by atoms with Crippen LogP contribution in [-0.4, -0.2) is 43.5 Å². The maximum atomic E-state index is 13.1. The molecule has 2 rings (SSSR count). The Morgan fingerprint density at radius 3 is 2.39 bits per heavy atom. The second-order valence-electron chi connectivity index (χ2n) is 6.22. The third-order valence-electron chi connectivity index (χ3n) is 4.29. The summed E-state index contributed by atoms with van der Waals surface area (Å²) in [6, 6.07) is 11.6. The molecule has 2 amide bonds. The van der Waals surface area contributed by atoms with Crippen molar-refractivity contribution < 1.29 is 19.1 Å². The number of ether oxygens (including phenoxy) is 2. The van der Waals surface area contributed by atoms with Gasteiger partial charge in [-0.2, -0.15) is 0 Å². The standard InChI is InChI=1S/C21H25ClN2O4/c1-5-11-24(14(2)20(25)23-16-9-7-6-8-10-16)21(26)15-12-17(22)19(28-4)18(13-15)27-3/h6-10,12-14H,5,11H2,1-4H3,(H,23,25). The number of hydrogen-bond donors (Lipinski definition) is 1. The first kappa shape index (κ1) is 21.6. The number of halogens is 1. The van der Waals surface area contributed by atoms with Crippen molar-refractivity contribution in [2.45, 2.75) is 26.3 Å². The number of methoxy groups -OCH3 is 2. The predicted molar refractivity (Wildman–Crippen MR) is 110 cm³/mol. The largest absolute Gasteiger partial charge is 0.493 e. The molecule has 1 atom stereocenters. The summed E-state index contributed by atoms with van der Waals surface area (Å²) in [5.41, 5.74) is 1.01. The number of benzene rings is 2. The van der Waals surface area contributed by atoms with Gasteiger partial charge in [-0.1, -0.05) is 36.7 Å². The first-order valence-corrected chi connectivity index (χ1v) is 9.39. The molecule has 1 N–H and O–H groups in total. The summed E-state index contributed by atoms with van der Waals surface area (Å²) in [6.07, 6.45) is 0.704. The van der Waals surface area contributed by atoms with E-state index in [2.05, 4.69) is 5.32 Å². The molecule has 0 saturated heterocycles. The van der Waals surface area contributed by atoms with Gasteiger partial charge in [0, 0.05) is 17.8 Å². The van der Waals surface area contributed by atoms with Crippen molar-refractivity contribution in [3.8, 4) is 11.5 Å². The summed E-state index contributed by atoms with van der Waals surface area (Å²) in [5.74, 6) is 0.147. The molecule has 0 aromatic heterocycles. The molecular weight excluding hydrogens is 380 g/mol. The Kier molecular flexibility index (Phi) is 7.70. The Morgan fingerprint density at radius 2 is 1.82 bits per heavy atom. The highest BCUT2D eigenvalue weighted by molar-refractivity contribution is 6.32. The Bertz CT molecular complexity index is 827. The van der Waals surface area contributed by atoms with E-state index >= 15 is 0 Å².